The van der Waals surface area contributed by atoms with Gasteiger partial charge in [-0.15, -0.1) is 0 Å². The fourth-order valence-electron chi connectivity index (χ4n) is 0.985. The zero-order chi connectivity index (χ0) is 11.4. The number of esters is 1. The molecule has 0 atom stereocenters. The summed E-state index contributed by atoms with van der Waals surface area (Å²) in [5, 5.41) is 0. The highest BCUT2D eigenvalue weighted by atomic mass is 79.9. The fourth-order valence-corrected chi connectivity index (χ4v) is 1.33. The van der Waals surface area contributed by atoms with E-state index >= 15 is 0 Å². The van der Waals surface area contributed by atoms with Gasteiger partial charge in [-0.2, -0.15) is 0 Å². The van der Waals surface area contributed by atoms with Gasteiger partial charge in [0.1, 0.15) is 0 Å². The van der Waals surface area contributed by atoms with Crippen LogP contribution < -0.4 is 0 Å². The maximum Gasteiger partial charge on any atom is 0.357 e. The number of hydrogen-bond acceptors (Lipinski definition) is 4. The summed E-state index contributed by atoms with van der Waals surface area (Å²) in [5.74, 6) is -0.584. The van der Waals surface area contributed by atoms with Crippen molar-refractivity contribution >= 4 is 28.2 Å². The first-order valence-corrected chi connectivity index (χ1v) is 5.15. The van der Waals surface area contributed by atoms with Crippen LogP contribution in [0.3, 0.4) is 0 Å². The summed E-state index contributed by atoms with van der Waals surface area (Å²) >= 11 is 3.16. The SMILES string of the molecule is CC(C)OC(=O)c1ncc(Br)cc1C=O. The molecule has 80 valence electrons. The third kappa shape index (κ3) is 3.13. The molecule has 15 heavy (non-hydrogen) atoms. The van der Waals surface area contributed by atoms with E-state index in [1.54, 1.807) is 13.8 Å². The second-order valence-electron chi connectivity index (χ2n) is 3.16. The average molecular weight is 272 g/mol. The van der Waals surface area contributed by atoms with Gasteiger partial charge in [-0.3, -0.25) is 4.79 Å². The largest absolute Gasteiger partial charge is 0.458 e. The van der Waals surface area contributed by atoms with Gasteiger partial charge in [0.05, 0.1) is 6.10 Å². The molecular weight excluding hydrogens is 262 g/mol. The van der Waals surface area contributed by atoms with Gasteiger partial charge in [0, 0.05) is 16.2 Å². The third-order valence-corrected chi connectivity index (χ3v) is 1.98. The number of carbonyl (C=O) groups excluding carboxylic acids is 2. The summed E-state index contributed by atoms with van der Waals surface area (Å²) in [4.78, 5) is 26.0. The molecule has 1 aromatic heterocycles. The van der Waals surface area contributed by atoms with Gasteiger partial charge < -0.3 is 4.74 Å². The summed E-state index contributed by atoms with van der Waals surface area (Å²) in [7, 11) is 0. The van der Waals surface area contributed by atoms with E-state index in [4.69, 9.17) is 4.74 Å². The van der Waals surface area contributed by atoms with Gasteiger partial charge in [-0.25, -0.2) is 9.78 Å². The molecule has 0 saturated carbocycles. The van der Waals surface area contributed by atoms with E-state index in [9.17, 15) is 9.59 Å². The Morgan fingerprint density at radius 2 is 2.27 bits per heavy atom. The van der Waals surface area contributed by atoms with Crippen molar-refractivity contribution in [3.63, 3.8) is 0 Å². The molecule has 0 spiro atoms. The van der Waals surface area contributed by atoms with Gasteiger partial charge in [-0.1, -0.05) is 0 Å². The van der Waals surface area contributed by atoms with E-state index in [0.29, 0.717) is 10.8 Å². The minimum Gasteiger partial charge on any atom is -0.458 e. The number of halogens is 1. The second kappa shape index (κ2) is 5.02. The first kappa shape index (κ1) is 11.8. The van der Waals surface area contributed by atoms with Gasteiger partial charge in [-0.05, 0) is 35.8 Å². The molecule has 0 fully saturated rings. The molecule has 0 bridgehead atoms. The molecule has 0 amide bonds. The number of aldehydes is 1. The Morgan fingerprint density at radius 1 is 1.60 bits per heavy atom. The molecule has 0 aliphatic heterocycles. The summed E-state index contributed by atoms with van der Waals surface area (Å²) in [6, 6.07) is 1.52. The number of rotatable bonds is 3. The van der Waals surface area contributed by atoms with Gasteiger partial charge in [0.2, 0.25) is 0 Å². The van der Waals surface area contributed by atoms with Gasteiger partial charge >= 0.3 is 5.97 Å². The monoisotopic (exact) mass is 271 g/mol. The van der Waals surface area contributed by atoms with Crippen LogP contribution in [-0.4, -0.2) is 23.3 Å². The van der Waals surface area contributed by atoms with Crippen LogP contribution in [0.5, 0.6) is 0 Å². The van der Waals surface area contributed by atoms with Crippen LogP contribution in [0.1, 0.15) is 34.7 Å². The minimum atomic E-state index is -0.584. The van der Waals surface area contributed by atoms with E-state index in [0.717, 1.165) is 0 Å². The lowest BCUT2D eigenvalue weighted by Crippen LogP contribution is -2.15. The molecule has 0 saturated heterocycles. The number of aromatic nitrogens is 1. The van der Waals surface area contributed by atoms with Crippen LogP contribution in [0, 0.1) is 0 Å². The van der Waals surface area contributed by atoms with Crippen LogP contribution in [0.4, 0.5) is 0 Å². The lowest BCUT2D eigenvalue weighted by Gasteiger charge is -2.08. The number of nitrogens with zero attached hydrogens (tertiary/aromatic N) is 1. The number of ether oxygens (including phenoxy) is 1. The zero-order valence-corrected chi connectivity index (χ0v) is 9.95. The van der Waals surface area contributed by atoms with Crippen LogP contribution in [0.15, 0.2) is 16.7 Å². The Balaban J connectivity index is 3.03. The van der Waals surface area contributed by atoms with E-state index in [2.05, 4.69) is 20.9 Å². The van der Waals surface area contributed by atoms with Crippen molar-refractivity contribution in [3.8, 4) is 0 Å². The Bertz CT molecular complexity index is 390. The van der Waals surface area contributed by atoms with Gasteiger partial charge in [0.25, 0.3) is 0 Å². The highest BCUT2D eigenvalue weighted by Gasteiger charge is 2.15. The predicted molar refractivity (Wildman–Crippen MR) is 57.9 cm³/mol. The van der Waals surface area contributed by atoms with Crippen LogP contribution in [0.2, 0.25) is 0 Å². The predicted octanol–water partition coefficient (Wildman–Crippen LogP) is 2.22. The van der Waals surface area contributed by atoms with Crippen LogP contribution in [0.25, 0.3) is 0 Å². The average Bonchev–Trinajstić information content (AvgIpc) is 2.16. The number of pyridine rings is 1. The molecule has 4 nitrogen and oxygen atoms in total. The van der Waals surface area contributed by atoms with E-state index in [1.807, 2.05) is 0 Å². The summed E-state index contributed by atoms with van der Waals surface area (Å²) < 4.78 is 5.59. The molecular formula is C10H10BrNO3. The summed E-state index contributed by atoms with van der Waals surface area (Å²) in [6.07, 6.45) is 1.79. The van der Waals surface area contributed by atoms with Gasteiger partial charge in [0.15, 0.2) is 12.0 Å². The number of carbonyl (C=O) groups is 2. The highest BCUT2D eigenvalue weighted by molar-refractivity contribution is 9.10. The summed E-state index contributed by atoms with van der Waals surface area (Å²) in [5.41, 5.74) is 0.261. The molecule has 0 radical (unpaired) electrons. The van der Waals surface area contributed by atoms with E-state index in [-0.39, 0.29) is 17.4 Å². The van der Waals surface area contributed by atoms with Crippen molar-refractivity contribution < 1.29 is 14.3 Å². The first-order valence-electron chi connectivity index (χ1n) is 4.36. The Hall–Kier alpha value is -1.23. The Kier molecular flexibility index (Phi) is 3.96. The van der Waals surface area contributed by atoms with Crippen molar-refractivity contribution in [1.82, 2.24) is 4.98 Å². The second-order valence-corrected chi connectivity index (χ2v) is 4.08. The highest BCUT2D eigenvalue weighted by Crippen LogP contribution is 2.13. The molecule has 0 aliphatic carbocycles. The quantitative estimate of drug-likeness (QED) is 0.625. The molecule has 1 rings (SSSR count). The fraction of sp³-hybridized carbons (Fsp3) is 0.300. The first-order chi connectivity index (χ1) is 7.04. The molecule has 0 aromatic carbocycles. The molecule has 0 N–H and O–H groups in total. The lowest BCUT2D eigenvalue weighted by atomic mass is 10.2. The number of hydrogen-bond donors (Lipinski definition) is 0. The Morgan fingerprint density at radius 3 is 2.80 bits per heavy atom. The van der Waals surface area contributed by atoms with Crippen molar-refractivity contribution in [2.24, 2.45) is 0 Å². The molecule has 1 heterocycles. The lowest BCUT2D eigenvalue weighted by molar-refractivity contribution is 0.0369. The standard InChI is InChI=1S/C10H10BrNO3/c1-6(2)15-10(14)9-7(5-13)3-8(11)4-12-9/h3-6H,1-2H3. The van der Waals surface area contributed by atoms with Crippen molar-refractivity contribution in [2.75, 3.05) is 0 Å². The third-order valence-electron chi connectivity index (χ3n) is 1.55. The minimum absolute atomic E-state index is 0.0434. The Labute approximate surface area is 95.8 Å². The summed E-state index contributed by atoms with van der Waals surface area (Å²) in [6.45, 7) is 3.47. The normalized spacial score (nSPS) is 10.1. The van der Waals surface area contributed by atoms with Crippen molar-refractivity contribution in [3.05, 3.63) is 28.0 Å². The molecule has 1 aromatic rings. The molecule has 0 unspecified atom stereocenters. The topological polar surface area (TPSA) is 56.3 Å². The molecule has 5 heteroatoms. The van der Waals surface area contributed by atoms with Crippen molar-refractivity contribution in [2.45, 2.75) is 20.0 Å². The van der Waals surface area contributed by atoms with Crippen LogP contribution in [-0.2, 0) is 4.74 Å². The van der Waals surface area contributed by atoms with Crippen LogP contribution >= 0.6 is 15.9 Å². The van der Waals surface area contributed by atoms with Crippen molar-refractivity contribution in [1.29, 1.82) is 0 Å². The zero-order valence-electron chi connectivity index (χ0n) is 8.36. The maximum absolute atomic E-state index is 11.5. The van der Waals surface area contributed by atoms with E-state index < -0.39 is 5.97 Å². The smallest absolute Gasteiger partial charge is 0.357 e. The van der Waals surface area contributed by atoms with E-state index in [1.165, 1.54) is 12.3 Å². The maximum atomic E-state index is 11.5. The molecule has 0 aliphatic rings.